The Kier molecular flexibility index (Phi) is 4.83. The van der Waals surface area contributed by atoms with Gasteiger partial charge in [0, 0.05) is 36.9 Å². The van der Waals surface area contributed by atoms with Crippen molar-refractivity contribution in [2.24, 2.45) is 0 Å². The highest BCUT2D eigenvalue weighted by atomic mass is 15.2. The van der Waals surface area contributed by atoms with Crippen LogP contribution in [0.15, 0.2) is 36.8 Å². The number of H-pyrrole nitrogens is 1. The quantitative estimate of drug-likeness (QED) is 0.730. The fourth-order valence-corrected chi connectivity index (χ4v) is 3.41. The molecule has 2 N–H and O–H groups in total. The topological polar surface area (TPSA) is 95.5 Å². The molecule has 0 aromatic carbocycles. The van der Waals surface area contributed by atoms with Crippen molar-refractivity contribution in [3.05, 3.63) is 54.0 Å². The summed E-state index contributed by atoms with van der Waals surface area (Å²) in [7, 11) is 0. The first kappa shape index (κ1) is 16.6. The zero-order chi connectivity index (χ0) is 17.8. The molecule has 0 aliphatic carbocycles. The number of nitrogens with zero attached hydrogens (tertiary/aromatic N) is 6. The number of rotatable bonds is 5. The Morgan fingerprint density at radius 1 is 1.19 bits per heavy atom. The normalized spacial score (nSPS) is 18.0. The van der Waals surface area contributed by atoms with Crippen molar-refractivity contribution < 1.29 is 0 Å². The minimum Gasteiger partial charge on any atom is -0.309 e. The second-order valence-corrected chi connectivity index (χ2v) is 6.49. The van der Waals surface area contributed by atoms with Crippen LogP contribution in [0.25, 0.3) is 0 Å². The van der Waals surface area contributed by atoms with E-state index in [-0.39, 0.29) is 6.04 Å². The lowest BCUT2D eigenvalue weighted by Gasteiger charge is -2.35. The van der Waals surface area contributed by atoms with Gasteiger partial charge in [-0.2, -0.15) is 5.10 Å². The molecule has 8 heteroatoms. The zero-order valence-electron chi connectivity index (χ0n) is 14.8. The van der Waals surface area contributed by atoms with Crippen LogP contribution in [0.2, 0.25) is 0 Å². The first-order valence-corrected chi connectivity index (χ1v) is 8.90. The number of likely N-dealkylation sites (tertiary alicyclic amines) is 1. The molecular formula is C18H22N8. The molecule has 3 aromatic heterocycles. The van der Waals surface area contributed by atoms with Gasteiger partial charge in [-0.05, 0) is 38.4 Å². The molecule has 1 fully saturated rings. The minimum atomic E-state index is 0.269. The smallest absolute Gasteiger partial charge is 0.228 e. The molecule has 0 bridgehead atoms. The molecule has 0 saturated carbocycles. The average Bonchev–Trinajstić information content (AvgIpc) is 3.16. The maximum absolute atomic E-state index is 4.72. The number of nitrogens with one attached hydrogen (secondary N) is 2. The van der Waals surface area contributed by atoms with Gasteiger partial charge in [0.25, 0.3) is 0 Å². The second-order valence-electron chi connectivity index (χ2n) is 6.49. The van der Waals surface area contributed by atoms with Crippen molar-refractivity contribution >= 4 is 11.8 Å². The van der Waals surface area contributed by atoms with Crippen molar-refractivity contribution in [1.82, 2.24) is 35.0 Å². The van der Waals surface area contributed by atoms with Crippen LogP contribution >= 0.6 is 0 Å². The van der Waals surface area contributed by atoms with E-state index in [1.807, 2.05) is 19.1 Å². The average molecular weight is 350 g/mol. The van der Waals surface area contributed by atoms with Crippen LogP contribution in [0, 0.1) is 6.92 Å². The summed E-state index contributed by atoms with van der Waals surface area (Å²) >= 11 is 0. The largest absolute Gasteiger partial charge is 0.309 e. The van der Waals surface area contributed by atoms with E-state index in [1.54, 1.807) is 24.7 Å². The van der Waals surface area contributed by atoms with Gasteiger partial charge in [0.1, 0.15) is 11.6 Å². The Bertz CT molecular complexity index is 834. The molecule has 1 atom stereocenters. The predicted molar refractivity (Wildman–Crippen MR) is 97.7 cm³/mol. The van der Waals surface area contributed by atoms with E-state index in [2.05, 4.69) is 35.4 Å². The number of anilines is 2. The summed E-state index contributed by atoms with van der Waals surface area (Å²) in [6.45, 7) is 3.82. The molecule has 0 spiro atoms. The molecule has 134 valence electrons. The Hall–Kier alpha value is -2.87. The van der Waals surface area contributed by atoms with Crippen LogP contribution < -0.4 is 5.32 Å². The summed E-state index contributed by atoms with van der Waals surface area (Å²) in [5, 5.41) is 10.3. The number of aromatic nitrogens is 6. The Labute approximate surface area is 152 Å². The third-order valence-corrected chi connectivity index (χ3v) is 4.55. The molecule has 1 aliphatic heterocycles. The lowest BCUT2D eigenvalue weighted by molar-refractivity contribution is 0.135. The summed E-state index contributed by atoms with van der Waals surface area (Å²) in [6.07, 6.45) is 8.71. The van der Waals surface area contributed by atoms with Crippen LogP contribution in [-0.2, 0) is 6.54 Å². The standard InChI is InChI=1S/C18H22N8/c1-13-22-15(11-17(23-13)24-18-19-7-4-8-20-18)16-5-2-3-10-26(16)12-14-6-9-21-25-14/h4,6-9,11,16H,2-3,5,10,12H2,1H3,(H,21,25)(H,19,20,22,23,24)/t16-/m1/s1. The van der Waals surface area contributed by atoms with Gasteiger partial charge >= 0.3 is 0 Å². The number of piperidine rings is 1. The molecule has 26 heavy (non-hydrogen) atoms. The van der Waals surface area contributed by atoms with E-state index in [9.17, 15) is 0 Å². The van der Waals surface area contributed by atoms with Gasteiger partial charge in [0.05, 0.1) is 11.7 Å². The molecule has 4 heterocycles. The lowest BCUT2D eigenvalue weighted by Crippen LogP contribution is -2.33. The molecular weight excluding hydrogens is 328 g/mol. The van der Waals surface area contributed by atoms with E-state index in [4.69, 9.17) is 4.98 Å². The third kappa shape index (κ3) is 3.85. The van der Waals surface area contributed by atoms with Gasteiger partial charge in [-0.15, -0.1) is 0 Å². The van der Waals surface area contributed by atoms with Gasteiger partial charge in [0.2, 0.25) is 5.95 Å². The predicted octanol–water partition coefficient (Wildman–Crippen LogP) is 2.77. The Balaban J connectivity index is 1.58. The zero-order valence-corrected chi connectivity index (χ0v) is 14.8. The third-order valence-electron chi connectivity index (χ3n) is 4.55. The highest BCUT2D eigenvalue weighted by Gasteiger charge is 2.26. The minimum absolute atomic E-state index is 0.269. The van der Waals surface area contributed by atoms with Gasteiger partial charge in [0.15, 0.2) is 0 Å². The molecule has 0 radical (unpaired) electrons. The number of aromatic amines is 1. The number of hydrogen-bond donors (Lipinski definition) is 2. The van der Waals surface area contributed by atoms with E-state index in [1.165, 1.54) is 12.8 Å². The fraction of sp³-hybridized carbons (Fsp3) is 0.389. The van der Waals surface area contributed by atoms with Crippen LogP contribution in [0.1, 0.15) is 42.5 Å². The van der Waals surface area contributed by atoms with Crippen LogP contribution in [0.5, 0.6) is 0 Å². The van der Waals surface area contributed by atoms with Crippen molar-refractivity contribution in [2.45, 2.75) is 38.8 Å². The summed E-state index contributed by atoms with van der Waals surface area (Å²) < 4.78 is 0. The Morgan fingerprint density at radius 2 is 2.08 bits per heavy atom. The maximum Gasteiger partial charge on any atom is 0.228 e. The monoisotopic (exact) mass is 350 g/mol. The molecule has 8 nitrogen and oxygen atoms in total. The molecule has 1 aliphatic rings. The van der Waals surface area contributed by atoms with E-state index < -0.39 is 0 Å². The molecule has 4 rings (SSSR count). The van der Waals surface area contributed by atoms with Gasteiger partial charge in [-0.3, -0.25) is 10.00 Å². The van der Waals surface area contributed by atoms with Gasteiger partial charge < -0.3 is 5.32 Å². The summed E-state index contributed by atoms with van der Waals surface area (Å²) in [6, 6.07) is 6.10. The van der Waals surface area contributed by atoms with Crippen molar-refractivity contribution in [2.75, 3.05) is 11.9 Å². The highest BCUT2D eigenvalue weighted by molar-refractivity contribution is 5.48. The summed E-state index contributed by atoms with van der Waals surface area (Å²) in [5.41, 5.74) is 2.16. The van der Waals surface area contributed by atoms with Crippen molar-refractivity contribution in [3.63, 3.8) is 0 Å². The first-order chi connectivity index (χ1) is 12.8. The van der Waals surface area contributed by atoms with E-state index in [0.29, 0.717) is 5.95 Å². The van der Waals surface area contributed by atoms with Crippen LogP contribution in [0.4, 0.5) is 11.8 Å². The Morgan fingerprint density at radius 3 is 2.88 bits per heavy atom. The van der Waals surface area contributed by atoms with E-state index >= 15 is 0 Å². The van der Waals surface area contributed by atoms with E-state index in [0.717, 1.165) is 42.5 Å². The number of aryl methyl sites for hydroxylation is 1. The second kappa shape index (κ2) is 7.57. The molecule has 0 unspecified atom stereocenters. The molecule has 0 amide bonds. The van der Waals surface area contributed by atoms with Crippen molar-refractivity contribution in [3.8, 4) is 0 Å². The molecule has 1 saturated heterocycles. The van der Waals surface area contributed by atoms with Gasteiger partial charge in [-0.1, -0.05) is 6.42 Å². The fourth-order valence-electron chi connectivity index (χ4n) is 3.41. The summed E-state index contributed by atoms with van der Waals surface area (Å²) in [4.78, 5) is 20.1. The van der Waals surface area contributed by atoms with Crippen LogP contribution in [0.3, 0.4) is 0 Å². The lowest BCUT2D eigenvalue weighted by atomic mass is 9.98. The first-order valence-electron chi connectivity index (χ1n) is 8.90. The number of hydrogen-bond acceptors (Lipinski definition) is 7. The van der Waals surface area contributed by atoms with Crippen molar-refractivity contribution in [1.29, 1.82) is 0 Å². The highest BCUT2D eigenvalue weighted by Crippen LogP contribution is 2.32. The molecule has 3 aromatic rings. The summed E-state index contributed by atoms with van der Waals surface area (Å²) in [5.74, 6) is 2.01. The maximum atomic E-state index is 4.72. The SMILES string of the molecule is Cc1nc(Nc2ncccn2)cc([C@H]2CCCCN2Cc2ccn[nH]2)n1. The van der Waals surface area contributed by atoms with Gasteiger partial charge in [-0.25, -0.2) is 19.9 Å². The van der Waals surface area contributed by atoms with Crippen LogP contribution in [-0.4, -0.2) is 41.6 Å².